The molecule has 3 aliphatic rings. The minimum Gasteiger partial charge on any atom is -0.388 e. The maximum atomic E-state index is 9.83. The monoisotopic (exact) mass is 283 g/mol. The molecule has 0 radical (unpaired) electrons. The number of nitrogens with zero attached hydrogens (tertiary/aromatic N) is 2. The van der Waals surface area contributed by atoms with Gasteiger partial charge in [-0.3, -0.25) is 4.90 Å². The van der Waals surface area contributed by atoms with Crippen LogP contribution < -0.4 is 5.32 Å². The summed E-state index contributed by atoms with van der Waals surface area (Å²) < 4.78 is 5.56. The van der Waals surface area contributed by atoms with Crippen LogP contribution in [0.4, 0.5) is 0 Å². The van der Waals surface area contributed by atoms with Crippen LogP contribution in [0.2, 0.25) is 0 Å². The zero-order chi connectivity index (χ0) is 14.1. The van der Waals surface area contributed by atoms with E-state index in [0.717, 1.165) is 18.9 Å². The highest BCUT2D eigenvalue weighted by Crippen LogP contribution is 2.29. The minimum atomic E-state index is -0.265. The van der Waals surface area contributed by atoms with Gasteiger partial charge in [0.05, 0.1) is 6.61 Å². The normalized spacial score (nSPS) is 44.2. The van der Waals surface area contributed by atoms with Crippen molar-refractivity contribution in [1.29, 1.82) is 0 Å². The van der Waals surface area contributed by atoms with Crippen LogP contribution in [0.1, 0.15) is 19.8 Å². The van der Waals surface area contributed by atoms with Crippen molar-refractivity contribution in [3.05, 3.63) is 0 Å². The second kappa shape index (κ2) is 6.28. The lowest BCUT2D eigenvalue weighted by Crippen LogP contribution is -2.64. The minimum absolute atomic E-state index is 0.0165. The average molecular weight is 283 g/mol. The van der Waals surface area contributed by atoms with Gasteiger partial charge in [-0.05, 0) is 25.9 Å². The highest BCUT2D eigenvalue weighted by molar-refractivity contribution is 4.98. The Morgan fingerprint density at radius 1 is 1.25 bits per heavy atom. The van der Waals surface area contributed by atoms with Crippen molar-refractivity contribution in [1.82, 2.24) is 15.1 Å². The van der Waals surface area contributed by atoms with E-state index in [1.54, 1.807) is 0 Å². The predicted molar refractivity (Wildman–Crippen MR) is 78.8 cm³/mol. The van der Waals surface area contributed by atoms with Crippen LogP contribution in [0, 0.1) is 5.92 Å². The van der Waals surface area contributed by atoms with Crippen LogP contribution in [0.5, 0.6) is 0 Å². The van der Waals surface area contributed by atoms with Crippen LogP contribution in [-0.2, 0) is 4.74 Å². The van der Waals surface area contributed by atoms with Gasteiger partial charge in [-0.2, -0.15) is 0 Å². The number of hydrogen-bond acceptors (Lipinski definition) is 5. The molecule has 5 heteroatoms. The Balaban J connectivity index is 1.62. The molecule has 0 aliphatic carbocycles. The molecule has 3 saturated heterocycles. The topological polar surface area (TPSA) is 48.0 Å². The zero-order valence-electron chi connectivity index (χ0n) is 12.8. The summed E-state index contributed by atoms with van der Waals surface area (Å²) >= 11 is 0. The highest BCUT2D eigenvalue weighted by atomic mass is 16.5. The third-order valence-corrected chi connectivity index (χ3v) is 5.45. The van der Waals surface area contributed by atoms with E-state index < -0.39 is 0 Å². The molecule has 3 heterocycles. The van der Waals surface area contributed by atoms with Crippen molar-refractivity contribution < 1.29 is 9.84 Å². The van der Waals surface area contributed by atoms with E-state index >= 15 is 0 Å². The van der Waals surface area contributed by atoms with Crippen molar-refractivity contribution in [3.63, 3.8) is 0 Å². The number of nitrogens with one attached hydrogen (secondary N) is 1. The van der Waals surface area contributed by atoms with Gasteiger partial charge in [0.15, 0.2) is 0 Å². The SMILES string of the molecule is CCC1CNC(C2OCC2O)CC1N1CCN(C)CC1. The lowest BCUT2D eigenvalue weighted by atomic mass is 9.82. The fourth-order valence-corrected chi connectivity index (χ4v) is 3.92. The number of aliphatic hydroxyl groups excluding tert-OH is 1. The smallest absolute Gasteiger partial charge is 0.105 e. The molecule has 0 aromatic rings. The van der Waals surface area contributed by atoms with Crippen LogP contribution >= 0.6 is 0 Å². The lowest BCUT2D eigenvalue weighted by Gasteiger charge is -2.49. The van der Waals surface area contributed by atoms with Gasteiger partial charge in [-0.25, -0.2) is 0 Å². The summed E-state index contributed by atoms with van der Waals surface area (Å²) in [6.07, 6.45) is 2.09. The predicted octanol–water partition coefficient (Wildman–Crippen LogP) is -0.250. The van der Waals surface area contributed by atoms with Crippen LogP contribution in [-0.4, -0.2) is 85.6 Å². The fraction of sp³-hybridized carbons (Fsp3) is 1.00. The van der Waals surface area contributed by atoms with E-state index in [-0.39, 0.29) is 12.2 Å². The molecule has 5 nitrogen and oxygen atoms in total. The first kappa shape index (κ1) is 14.7. The number of piperidine rings is 1. The Hall–Kier alpha value is -0.200. The Morgan fingerprint density at radius 2 is 2.00 bits per heavy atom. The molecule has 0 bridgehead atoms. The highest BCUT2D eigenvalue weighted by Gasteiger charge is 2.43. The molecule has 2 N–H and O–H groups in total. The van der Waals surface area contributed by atoms with Gasteiger partial charge in [0.25, 0.3) is 0 Å². The standard InChI is InChI=1S/C15H29N3O2/c1-3-11-9-16-12(15-14(19)10-20-15)8-13(11)18-6-4-17(2)5-7-18/h11-16,19H,3-10H2,1-2H3. The Morgan fingerprint density at radius 3 is 2.55 bits per heavy atom. The van der Waals surface area contributed by atoms with Crippen molar-refractivity contribution in [2.45, 2.75) is 44.1 Å². The van der Waals surface area contributed by atoms with E-state index in [1.807, 2.05) is 0 Å². The molecule has 0 spiro atoms. The number of ether oxygens (including phenoxy) is 1. The van der Waals surface area contributed by atoms with Crippen LogP contribution in [0.15, 0.2) is 0 Å². The Kier molecular flexibility index (Phi) is 4.62. The van der Waals surface area contributed by atoms with Crippen molar-refractivity contribution in [2.75, 3.05) is 46.4 Å². The molecule has 3 fully saturated rings. The molecule has 5 unspecified atom stereocenters. The number of aliphatic hydroxyl groups is 1. The number of likely N-dealkylation sites (N-methyl/N-ethyl adjacent to an activating group) is 1. The number of hydrogen-bond donors (Lipinski definition) is 2. The third kappa shape index (κ3) is 2.88. The summed E-state index contributed by atoms with van der Waals surface area (Å²) in [7, 11) is 2.21. The maximum absolute atomic E-state index is 9.83. The van der Waals surface area contributed by atoms with Gasteiger partial charge < -0.3 is 20.1 Å². The summed E-state index contributed by atoms with van der Waals surface area (Å²) in [5.41, 5.74) is 0. The Labute approximate surface area is 122 Å². The second-order valence-electron chi connectivity index (χ2n) is 6.69. The van der Waals surface area contributed by atoms with Crippen molar-refractivity contribution in [2.24, 2.45) is 5.92 Å². The van der Waals surface area contributed by atoms with E-state index in [1.165, 1.54) is 32.6 Å². The molecule has 0 aromatic carbocycles. The van der Waals surface area contributed by atoms with Crippen molar-refractivity contribution in [3.8, 4) is 0 Å². The maximum Gasteiger partial charge on any atom is 0.105 e. The van der Waals surface area contributed by atoms with Crippen LogP contribution in [0.3, 0.4) is 0 Å². The summed E-state index contributed by atoms with van der Waals surface area (Å²) in [6, 6.07) is 0.975. The van der Waals surface area contributed by atoms with Gasteiger partial charge in [0.1, 0.15) is 12.2 Å². The number of piperazine rings is 1. The van der Waals surface area contributed by atoms with E-state index in [2.05, 4.69) is 29.1 Å². The quantitative estimate of drug-likeness (QED) is 0.748. The van der Waals surface area contributed by atoms with Crippen molar-refractivity contribution >= 4 is 0 Å². The van der Waals surface area contributed by atoms with Crippen LogP contribution in [0.25, 0.3) is 0 Å². The zero-order valence-corrected chi connectivity index (χ0v) is 12.8. The van der Waals surface area contributed by atoms with E-state index in [9.17, 15) is 5.11 Å². The first-order valence-electron chi connectivity index (χ1n) is 8.14. The molecular formula is C15H29N3O2. The number of rotatable bonds is 3. The molecule has 20 heavy (non-hydrogen) atoms. The summed E-state index contributed by atoms with van der Waals surface area (Å²) in [4.78, 5) is 5.09. The Bertz CT molecular complexity index is 320. The summed E-state index contributed by atoms with van der Waals surface area (Å²) in [5, 5.41) is 13.4. The van der Waals surface area contributed by atoms with Gasteiger partial charge in [0, 0.05) is 38.3 Å². The lowest BCUT2D eigenvalue weighted by molar-refractivity contribution is -0.181. The largest absolute Gasteiger partial charge is 0.388 e. The van der Waals surface area contributed by atoms with E-state index in [4.69, 9.17) is 4.74 Å². The van der Waals surface area contributed by atoms with Gasteiger partial charge >= 0.3 is 0 Å². The van der Waals surface area contributed by atoms with Gasteiger partial charge in [0.2, 0.25) is 0 Å². The molecular weight excluding hydrogens is 254 g/mol. The van der Waals surface area contributed by atoms with Gasteiger partial charge in [-0.1, -0.05) is 13.3 Å². The first-order chi connectivity index (χ1) is 9.69. The average Bonchev–Trinajstić information content (AvgIpc) is 2.46. The third-order valence-electron chi connectivity index (χ3n) is 5.45. The molecule has 3 aliphatic heterocycles. The molecule has 0 amide bonds. The summed E-state index contributed by atoms with van der Waals surface area (Å²) in [6.45, 7) is 8.58. The molecule has 5 atom stereocenters. The first-order valence-corrected chi connectivity index (χ1v) is 8.14. The molecule has 3 rings (SSSR count). The molecule has 0 aromatic heterocycles. The summed E-state index contributed by atoms with van der Waals surface area (Å²) in [5.74, 6) is 0.729. The molecule has 0 saturated carbocycles. The molecule has 116 valence electrons. The van der Waals surface area contributed by atoms with E-state index in [0.29, 0.717) is 18.7 Å². The second-order valence-corrected chi connectivity index (χ2v) is 6.69. The fourth-order valence-electron chi connectivity index (χ4n) is 3.92. The van der Waals surface area contributed by atoms with Gasteiger partial charge in [-0.15, -0.1) is 0 Å².